The zero-order chi connectivity index (χ0) is 15.9. The largest absolute Gasteiger partial charge is 0.334 e. The lowest BCUT2D eigenvalue weighted by molar-refractivity contribution is -0.141. The molecule has 0 radical (unpaired) electrons. The minimum absolute atomic E-state index is 0.0685. The topological polar surface area (TPSA) is 32.3 Å². The summed E-state index contributed by atoms with van der Waals surface area (Å²) in [5.41, 5.74) is 2.60. The zero-order valence-corrected chi connectivity index (χ0v) is 14.4. The molecule has 2 aliphatic heterocycles. The van der Waals surface area contributed by atoms with Crippen LogP contribution in [0.15, 0.2) is 18.2 Å². The lowest BCUT2D eigenvalue weighted by atomic mass is 9.78. The average Bonchev–Trinajstić information content (AvgIpc) is 2.98. The molecule has 0 saturated carbocycles. The Kier molecular flexibility index (Phi) is 4.21. The smallest absolute Gasteiger partial charge is 0.227 e. The third-order valence-corrected chi connectivity index (χ3v) is 5.23. The quantitative estimate of drug-likeness (QED) is 0.861. The Morgan fingerprint density at radius 1 is 1.32 bits per heavy atom. The Bertz CT molecular complexity index is 573. The van der Waals surface area contributed by atoms with E-state index in [9.17, 15) is 4.79 Å². The number of carbonyl (C=O) groups excluding carboxylic acids is 1. The summed E-state index contributed by atoms with van der Waals surface area (Å²) in [6.45, 7) is 9.14. The van der Waals surface area contributed by atoms with Crippen molar-refractivity contribution < 1.29 is 4.79 Å². The van der Waals surface area contributed by atoms with Crippen molar-refractivity contribution >= 4 is 17.5 Å². The first-order chi connectivity index (χ1) is 10.4. The van der Waals surface area contributed by atoms with Crippen LogP contribution in [0.25, 0.3) is 0 Å². The van der Waals surface area contributed by atoms with Crippen molar-refractivity contribution in [3.63, 3.8) is 0 Å². The van der Waals surface area contributed by atoms with Gasteiger partial charge in [-0.05, 0) is 48.1 Å². The number of nitrogens with one attached hydrogen (secondary N) is 1. The van der Waals surface area contributed by atoms with Gasteiger partial charge in [-0.15, -0.1) is 0 Å². The number of fused-ring (bicyclic) bond motifs is 1. The van der Waals surface area contributed by atoms with Crippen LogP contribution in [0, 0.1) is 11.3 Å². The molecular weight excluding hydrogens is 296 g/mol. The number of benzene rings is 1. The summed E-state index contributed by atoms with van der Waals surface area (Å²) in [4.78, 5) is 15.1. The van der Waals surface area contributed by atoms with Gasteiger partial charge in [0.05, 0.1) is 5.92 Å². The molecule has 120 valence electrons. The molecule has 1 amide bonds. The van der Waals surface area contributed by atoms with Gasteiger partial charge < -0.3 is 10.2 Å². The van der Waals surface area contributed by atoms with Crippen LogP contribution in [0.4, 0.5) is 0 Å². The molecule has 4 heteroatoms. The highest BCUT2D eigenvalue weighted by atomic mass is 35.5. The van der Waals surface area contributed by atoms with E-state index in [0.29, 0.717) is 12.5 Å². The summed E-state index contributed by atoms with van der Waals surface area (Å²) in [6.07, 6.45) is 1.87. The number of amides is 1. The van der Waals surface area contributed by atoms with Gasteiger partial charge in [0.2, 0.25) is 5.91 Å². The second kappa shape index (κ2) is 5.86. The van der Waals surface area contributed by atoms with E-state index in [2.05, 4.69) is 37.1 Å². The van der Waals surface area contributed by atoms with E-state index in [1.165, 1.54) is 11.1 Å². The van der Waals surface area contributed by atoms with Crippen LogP contribution in [-0.4, -0.2) is 29.9 Å². The second-order valence-corrected chi connectivity index (χ2v) is 8.09. The minimum atomic E-state index is 0.0685. The van der Waals surface area contributed by atoms with E-state index >= 15 is 0 Å². The van der Waals surface area contributed by atoms with Crippen molar-refractivity contribution in [3.05, 3.63) is 34.3 Å². The maximum Gasteiger partial charge on any atom is 0.227 e. The van der Waals surface area contributed by atoms with Gasteiger partial charge in [-0.3, -0.25) is 4.79 Å². The number of rotatable bonds is 1. The number of carbonyl (C=O) groups is 1. The van der Waals surface area contributed by atoms with Gasteiger partial charge in [-0.1, -0.05) is 38.4 Å². The van der Waals surface area contributed by atoms with E-state index in [0.717, 1.165) is 31.0 Å². The number of hydrogen-bond donors (Lipinski definition) is 1. The van der Waals surface area contributed by atoms with Crippen molar-refractivity contribution in [1.82, 2.24) is 10.2 Å². The van der Waals surface area contributed by atoms with Gasteiger partial charge >= 0.3 is 0 Å². The normalized spacial score (nSPS) is 25.2. The van der Waals surface area contributed by atoms with E-state index in [-0.39, 0.29) is 17.4 Å². The summed E-state index contributed by atoms with van der Waals surface area (Å²) in [6, 6.07) is 6.34. The Balaban J connectivity index is 1.92. The van der Waals surface area contributed by atoms with E-state index in [1.54, 1.807) is 0 Å². The molecule has 1 N–H and O–H groups in total. The summed E-state index contributed by atoms with van der Waals surface area (Å²) in [5.74, 6) is 0.432. The fourth-order valence-electron chi connectivity index (χ4n) is 3.66. The summed E-state index contributed by atoms with van der Waals surface area (Å²) < 4.78 is 0. The monoisotopic (exact) mass is 320 g/mol. The highest BCUT2D eigenvalue weighted by Gasteiger charge is 2.39. The van der Waals surface area contributed by atoms with Gasteiger partial charge in [0, 0.05) is 24.2 Å². The van der Waals surface area contributed by atoms with Crippen molar-refractivity contribution in [2.45, 2.75) is 46.2 Å². The molecule has 1 aromatic carbocycles. The molecule has 1 aromatic rings. The lowest BCUT2D eigenvalue weighted by Crippen LogP contribution is -2.52. The molecule has 1 unspecified atom stereocenters. The number of hydrogen-bond acceptors (Lipinski definition) is 2. The highest BCUT2D eigenvalue weighted by molar-refractivity contribution is 6.30. The fourth-order valence-corrected chi connectivity index (χ4v) is 3.85. The SMILES string of the molecule is CC(C)(C)C1Cc2ccc(Cl)cc2CN1C(=O)[C@H]1CCNC1. The zero-order valence-electron chi connectivity index (χ0n) is 13.7. The van der Waals surface area contributed by atoms with Crippen LogP contribution in [0.5, 0.6) is 0 Å². The predicted molar refractivity (Wildman–Crippen MR) is 89.9 cm³/mol. The molecule has 0 spiro atoms. The standard InChI is InChI=1S/C18H25ClN2O/c1-18(2,3)16-9-12-4-5-15(19)8-14(12)11-21(16)17(22)13-6-7-20-10-13/h4-5,8,13,16,20H,6-7,9-11H2,1-3H3/t13-,16?/m0/s1. The average molecular weight is 321 g/mol. The third kappa shape index (κ3) is 3.02. The first-order valence-electron chi connectivity index (χ1n) is 8.15. The molecule has 0 aromatic heterocycles. The molecule has 1 saturated heterocycles. The van der Waals surface area contributed by atoms with Gasteiger partial charge in [0.15, 0.2) is 0 Å². The fraction of sp³-hybridized carbons (Fsp3) is 0.611. The van der Waals surface area contributed by atoms with Gasteiger partial charge in [-0.25, -0.2) is 0 Å². The van der Waals surface area contributed by atoms with Crippen LogP contribution in [0.3, 0.4) is 0 Å². The first kappa shape index (κ1) is 15.8. The molecule has 22 heavy (non-hydrogen) atoms. The maximum atomic E-state index is 13.0. The van der Waals surface area contributed by atoms with E-state index in [1.807, 2.05) is 12.1 Å². The summed E-state index contributed by atoms with van der Waals surface area (Å²) in [5, 5.41) is 4.06. The van der Waals surface area contributed by atoms with Crippen LogP contribution in [-0.2, 0) is 17.8 Å². The number of halogens is 1. The molecule has 2 aliphatic rings. The van der Waals surface area contributed by atoms with Crippen LogP contribution >= 0.6 is 11.6 Å². The van der Waals surface area contributed by atoms with Crippen molar-refractivity contribution in [1.29, 1.82) is 0 Å². The first-order valence-corrected chi connectivity index (χ1v) is 8.52. The molecule has 0 bridgehead atoms. The predicted octanol–water partition coefficient (Wildman–Crippen LogP) is 3.25. The molecular formula is C18H25ClN2O. The lowest BCUT2D eigenvalue weighted by Gasteiger charge is -2.45. The minimum Gasteiger partial charge on any atom is -0.334 e. The Labute approximate surface area is 138 Å². The van der Waals surface area contributed by atoms with Crippen molar-refractivity contribution in [2.24, 2.45) is 11.3 Å². The Hall–Kier alpha value is -1.06. The molecule has 0 aliphatic carbocycles. The summed E-state index contributed by atoms with van der Waals surface area (Å²) in [7, 11) is 0. The molecule has 2 heterocycles. The van der Waals surface area contributed by atoms with E-state index < -0.39 is 0 Å². The molecule has 3 rings (SSSR count). The number of nitrogens with zero attached hydrogens (tertiary/aromatic N) is 1. The summed E-state index contributed by atoms with van der Waals surface area (Å²) >= 11 is 6.14. The van der Waals surface area contributed by atoms with E-state index in [4.69, 9.17) is 11.6 Å². The highest BCUT2D eigenvalue weighted by Crippen LogP contribution is 2.35. The molecule has 1 fully saturated rings. The Morgan fingerprint density at radius 2 is 2.09 bits per heavy atom. The van der Waals surface area contributed by atoms with Crippen molar-refractivity contribution in [2.75, 3.05) is 13.1 Å². The van der Waals surface area contributed by atoms with Crippen LogP contribution in [0.1, 0.15) is 38.3 Å². The Morgan fingerprint density at radius 3 is 2.73 bits per heavy atom. The molecule has 3 nitrogen and oxygen atoms in total. The molecule has 2 atom stereocenters. The van der Waals surface area contributed by atoms with Crippen LogP contribution < -0.4 is 5.32 Å². The second-order valence-electron chi connectivity index (χ2n) is 7.65. The van der Waals surface area contributed by atoms with Crippen LogP contribution in [0.2, 0.25) is 5.02 Å². The van der Waals surface area contributed by atoms with Gasteiger partial charge in [0.25, 0.3) is 0 Å². The van der Waals surface area contributed by atoms with Crippen molar-refractivity contribution in [3.8, 4) is 0 Å². The maximum absolute atomic E-state index is 13.0. The third-order valence-electron chi connectivity index (χ3n) is 4.99. The van der Waals surface area contributed by atoms with Gasteiger partial charge in [-0.2, -0.15) is 0 Å². The van der Waals surface area contributed by atoms with Gasteiger partial charge in [0.1, 0.15) is 0 Å².